The molecule has 0 fully saturated rings. The summed E-state index contributed by atoms with van der Waals surface area (Å²) in [5.41, 5.74) is 1.10. The third kappa shape index (κ3) is 3.19. The van der Waals surface area contributed by atoms with Gasteiger partial charge in [-0.25, -0.2) is 19.7 Å². The lowest BCUT2D eigenvalue weighted by atomic mass is 10.2. The van der Waals surface area contributed by atoms with Gasteiger partial charge >= 0.3 is 5.97 Å². The van der Waals surface area contributed by atoms with Crippen molar-refractivity contribution in [3.8, 4) is 0 Å². The van der Waals surface area contributed by atoms with Crippen LogP contribution >= 0.6 is 0 Å². The second-order valence-corrected chi connectivity index (χ2v) is 4.27. The highest BCUT2D eigenvalue weighted by Crippen LogP contribution is 2.06. The Balaban J connectivity index is 2.13. The first kappa shape index (κ1) is 14.6. The van der Waals surface area contributed by atoms with Gasteiger partial charge in [0.15, 0.2) is 5.78 Å². The Kier molecular flexibility index (Phi) is 4.22. The van der Waals surface area contributed by atoms with Gasteiger partial charge in [0.05, 0.1) is 24.6 Å². The van der Waals surface area contributed by atoms with Crippen molar-refractivity contribution in [2.45, 2.75) is 6.92 Å². The average molecular weight is 286 g/mol. The number of methoxy groups -OCH3 is 1. The number of carbonyl (C=O) groups is 2. The number of hydrogen-bond donors (Lipinski definition) is 0. The molecule has 0 unspecified atom stereocenters. The molecule has 21 heavy (non-hydrogen) atoms. The number of hydrogen-bond acceptors (Lipinski definition) is 6. The Hall–Kier alpha value is -2.83. The molecule has 0 spiro atoms. The first-order valence-corrected chi connectivity index (χ1v) is 6.14. The van der Waals surface area contributed by atoms with E-state index in [2.05, 4.69) is 19.7 Å². The Morgan fingerprint density at radius 3 is 2.38 bits per heavy atom. The lowest BCUT2D eigenvalue weighted by Gasteiger charge is -1.99. The molecule has 0 amide bonds. The summed E-state index contributed by atoms with van der Waals surface area (Å²) in [6, 6.07) is 0. The second-order valence-electron chi connectivity index (χ2n) is 4.27. The summed E-state index contributed by atoms with van der Waals surface area (Å²) in [7, 11) is 3.10. The minimum atomic E-state index is -0.644. The number of ketones is 1. The van der Waals surface area contributed by atoms with Gasteiger partial charge in [-0.15, -0.1) is 0 Å². The molecule has 0 aliphatic rings. The molecule has 0 atom stereocenters. The standard InChI is InChI=1S/C14H14N4O3/c1-9-15-8-11(18(9)2)4-5-12(19)10-6-16-13(17-7-10)14(20)21-3/h4-8H,1-3H3/b5-4+. The van der Waals surface area contributed by atoms with Crippen molar-refractivity contribution >= 4 is 17.8 Å². The van der Waals surface area contributed by atoms with Gasteiger partial charge in [-0.2, -0.15) is 0 Å². The van der Waals surface area contributed by atoms with E-state index < -0.39 is 5.97 Å². The fourth-order valence-electron chi connectivity index (χ4n) is 1.58. The van der Waals surface area contributed by atoms with E-state index in [9.17, 15) is 9.59 Å². The zero-order valence-corrected chi connectivity index (χ0v) is 11.9. The molecular weight excluding hydrogens is 272 g/mol. The summed E-state index contributed by atoms with van der Waals surface area (Å²) in [6.07, 6.45) is 7.33. The SMILES string of the molecule is COC(=O)c1ncc(C(=O)/C=C/c2cnc(C)n2C)cn1. The third-order valence-corrected chi connectivity index (χ3v) is 2.97. The van der Waals surface area contributed by atoms with Crippen LogP contribution in [0.5, 0.6) is 0 Å². The van der Waals surface area contributed by atoms with Gasteiger partial charge in [0.2, 0.25) is 5.82 Å². The first-order valence-electron chi connectivity index (χ1n) is 6.14. The lowest BCUT2D eigenvalue weighted by molar-refractivity contribution is 0.0586. The minimum absolute atomic E-state index is 0.0831. The summed E-state index contributed by atoms with van der Waals surface area (Å²) in [4.78, 5) is 34.9. The van der Waals surface area contributed by atoms with Crippen LogP contribution in [-0.4, -0.2) is 38.4 Å². The third-order valence-electron chi connectivity index (χ3n) is 2.97. The van der Waals surface area contributed by atoms with Gasteiger partial charge in [0.25, 0.3) is 0 Å². The minimum Gasteiger partial charge on any atom is -0.463 e. The maximum Gasteiger partial charge on any atom is 0.376 e. The molecule has 108 valence electrons. The largest absolute Gasteiger partial charge is 0.463 e. The molecule has 0 aliphatic heterocycles. The van der Waals surface area contributed by atoms with Gasteiger partial charge in [-0.3, -0.25) is 4.79 Å². The van der Waals surface area contributed by atoms with E-state index in [4.69, 9.17) is 0 Å². The number of aromatic nitrogens is 4. The van der Waals surface area contributed by atoms with E-state index in [1.54, 1.807) is 12.3 Å². The van der Waals surface area contributed by atoms with Crippen molar-refractivity contribution in [1.29, 1.82) is 0 Å². The van der Waals surface area contributed by atoms with Gasteiger partial charge < -0.3 is 9.30 Å². The zero-order valence-electron chi connectivity index (χ0n) is 11.9. The smallest absolute Gasteiger partial charge is 0.376 e. The van der Waals surface area contributed by atoms with Crippen LogP contribution < -0.4 is 0 Å². The van der Waals surface area contributed by atoms with E-state index in [-0.39, 0.29) is 17.2 Å². The molecule has 0 saturated carbocycles. The van der Waals surface area contributed by atoms with E-state index in [1.165, 1.54) is 25.6 Å². The zero-order chi connectivity index (χ0) is 15.4. The summed E-state index contributed by atoms with van der Waals surface area (Å²) >= 11 is 0. The molecule has 7 nitrogen and oxygen atoms in total. The monoisotopic (exact) mass is 286 g/mol. The normalized spacial score (nSPS) is 10.8. The topological polar surface area (TPSA) is 87.0 Å². The quantitative estimate of drug-likeness (QED) is 0.477. The maximum atomic E-state index is 12.0. The van der Waals surface area contributed by atoms with Crippen molar-refractivity contribution in [2.75, 3.05) is 7.11 Å². The fraction of sp³-hybridized carbons (Fsp3) is 0.214. The van der Waals surface area contributed by atoms with Gasteiger partial charge in [-0.1, -0.05) is 0 Å². The van der Waals surface area contributed by atoms with Crippen LogP contribution in [0.4, 0.5) is 0 Å². The average Bonchev–Trinajstić information content (AvgIpc) is 2.83. The molecule has 2 heterocycles. The number of allylic oxidation sites excluding steroid dienone is 1. The maximum absolute atomic E-state index is 12.0. The second kappa shape index (κ2) is 6.08. The molecule has 0 aromatic carbocycles. The number of esters is 1. The Labute approximate surface area is 121 Å². The molecule has 0 N–H and O–H groups in total. The van der Waals surface area contributed by atoms with Crippen LogP contribution in [-0.2, 0) is 11.8 Å². The number of nitrogens with zero attached hydrogens (tertiary/aromatic N) is 4. The highest BCUT2D eigenvalue weighted by Gasteiger charge is 2.10. The van der Waals surface area contributed by atoms with Crippen LogP contribution in [0.15, 0.2) is 24.7 Å². The summed E-state index contributed by atoms with van der Waals surface area (Å²) in [6.45, 7) is 1.87. The van der Waals surface area contributed by atoms with Gasteiger partial charge in [0.1, 0.15) is 5.82 Å². The Morgan fingerprint density at radius 1 is 1.19 bits per heavy atom. The fourth-order valence-corrected chi connectivity index (χ4v) is 1.58. The van der Waals surface area contributed by atoms with Gasteiger partial charge in [-0.05, 0) is 19.1 Å². The van der Waals surface area contributed by atoms with E-state index in [0.717, 1.165) is 11.5 Å². The molecule has 2 rings (SSSR count). The van der Waals surface area contributed by atoms with Crippen LogP contribution in [0, 0.1) is 6.92 Å². The van der Waals surface area contributed by atoms with Crippen molar-refractivity contribution in [2.24, 2.45) is 7.05 Å². The van der Waals surface area contributed by atoms with E-state index >= 15 is 0 Å². The number of carbonyl (C=O) groups excluding carboxylic acids is 2. The van der Waals surface area contributed by atoms with Crippen LogP contribution in [0.3, 0.4) is 0 Å². The molecule has 0 bridgehead atoms. The molecule has 2 aromatic rings. The summed E-state index contributed by atoms with van der Waals surface area (Å²) in [5, 5.41) is 0. The van der Waals surface area contributed by atoms with Gasteiger partial charge in [0, 0.05) is 19.4 Å². The van der Waals surface area contributed by atoms with Crippen molar-refractivity contribution < 1.29 is 14.3 Å². The number of ether oxygens (including phenoxy) is 1. The number of imidazole rings is 1. The lowest BCUT2D eigenvalue weighted by Crippen LogP contribution is -2.08. The predicted molar refractivity (Wildman–Crippen MR) is 74.7 cm³/mol. The highest BCUT2D eigenvalue weighted by molar-refractivity contribution is 6.06. The first-order chi connectivity index (χ1) is 10.0. The summed E-state index contributed by atoms with van der Waals surface area (Å²) in [5.74, 6) is -0.131. The number of aryl methyl sites for hydroxylation is 1. The molecule has 0 saturated heterocycles. The van der Waals surface area contributed by atoms with Crippen LogP contribution in [0.1, 0.15) is 32.5 Å². The van der Waals surface area contributed by atoms with Crippen LogP contribution in [0.25, 0.3) is 6.08 Å². The van der Waals surface area contributed by atoms with E-state index in [0.29, 0.717) is 0 Å². The molecule has 0 radical (unpaired) electrons. The highest BCUT2D eigenvalue weighted by atomic mass is 16.5. The number of rotatable bonds is 4. The molecule has 7 heteroatoms. The molecular formula is C14H14N4O3. The summed E-state index contributed by atoms with van der Waals surface area (Å²) < 4.78 is 6.35. The van der Waals surface area contributed by atoms with Crippen LogP contribution in [0.2, 0.25) is 0 Å². The van der Waals surface area contributed by atoms with Crippen molar-refractivity contribution in [3.05, 3.63) is 47.6 Å². The Bertz CT molecular complexity index is 702. The van der Waals surface area contributed by atoms with Crippen molar-refractivity contribution in [3.63, 3.8) is 0 Å². The molecule has 0 aliphatic carbocycles. The Morgan fingerprint density at radius 2 is 1.86 bits per heavy atom. The predicted octanol–water partition coefficient (Wildman–Crippen LogP) is 1.20. The van der Waals surface area contributed by atoms with Crippen molar-refractivity contribution in [1.82, 2.24) is 19.5 Å². The van der Waals surface area contributed by atoms with E-state index in [1.807, 2.05) is 18.5 Å². The molecule has 2 aromatic heterocycles.